The Balaban J connectivity index is 1.94. The van der Waals surface area contributed by atoms with Gasteiger partial charge in [-0.05, 0) is 69.0 Å². The van der Waals surface area contributed by atoms with Gasteiger partial charge in [-0.2, -0.15) is 0 Å². The van der Waals surface area contributed by atoms with E-state index in [1.807, 2.05) is 0 Å². The molecule has 0 spiro atoms. The molecule has 28 heavy (non-hydrogen) atoms. The van der Waals surface area contributed by atoms with Crippen molar-refractivity contribution >= 4 is 32.7 Å². The molecule has 1 aliphatic rings. The summed E-state index contributed by atoms with van der Waals surface area (Å²) >= 11 is 3.61. The fourth-order valence-corrected chi connectivity index (χ4v) is 5.18. The Morgan fingerprint density at radius 2 is 1.82 bits per heavy atom. The summed E-state index contributed by atoms with van der Waals surface area (Å²) in [4.78, 5) is 11.1. The molecule has 5 heteroatoms. The summed E-state index contributed by atoms with van der Waals surface area (Å²) < 4.78 is 3.34. The number of aryl methyl sites for hydroxylation is 4. The molecule has 0 amide bonds. The number of hydrogen-bond acceptors (Lipinski definition) is 2. The van der Waals surface area contributed by atoms with E-state index in [0.717, 1.165) is 41.7 Å². The SMILES string of the molecule is [C-]#[N+]C1CCCN(c2cc(C)nc3c2c(C)cn3-c2c(C)cc(Br)cc2C)C1. The first-order valence-corrected chi connectivity index (χ1v) is 10.6. The van der Waals surface area contributed by atoms with E-state index in [1.165, 1.54) is 33.5 Å². The van der Waals surface area contributed by atoms with Crippen LogP contribution in [0.1, 0.15) is 35.2 Å². The molecule has 1 aromatic carbocycles. The van der Waals surface area contributed by atoms with Gasteiger partial charge in [-0.1, -0.05) is 15.9 Å². The summed E-state index contributed by atoms with van der Waals surface area (Å²) in [5.74, 6) is 0. The lowest BCUT2D eigenvalue weighted by atomic mass is 10.0. The minimum Gasteiger partial charge on any atom is -0.363 e. The van der Waals surface area contributed by atoms with Gasteiger partial charge in [-0.25, -0.2) is 11.6 Å². The zero-order valence-corrected chi connectivity index (χ0v) is 18.5. The quantitative estimate of drug-likeness (QED) is 0.466. The van der Waals surface area contributed by atoms with Crippen molar-refractivity contribution in [2.75, 3.05) is 18.0 Å². The third-order valence-corrected chi connectivity index (χ3v) is 6.13. The lowest BCUT2D eigenvalue weighted by Gasteiger charge is -2.30. The van der Waals surface area contributed by atoms with Gasteiger partial charge in [0.2, 0.25) is 6.04 Å². The van der Waals surface area contributed by atoms with E-state index in [9.17, 15) is 0 Å². The Kier molecular flexibility index (Phi) is 4.93. The summed E-state index contributed by atoms with van der Waals surface area (Å²) in [6, 6.07) is 6.60. The Labute approximate surface area is 175 Å². The summed E-state index contributed by atoms with van der Waals surface area (Å²) in [6.07, 6.45) is 4.28. The minimum absolute atomic E-state index is 0.0932. The molecular formula is C23H25BrN4. The highest BCUT2D eigenvalue weighted by atomic mass is 79.9. The highest BCUT2D eigenvalue weighted by Gasteiger charge is 2.26. The standard InChI is InChI=1S/C23H25BrN4/c1-14-9-18(24)10-15(2)22(14)28-12-16(3)21-20(11-17(4)26-23(21)28)27-8-6-7-19(13-27)25-5/h9-12,19H,6-8,13H2,1-4H3. The second kappa shape index (κ2) is 7.25. The summed E-state index contributed by atoms with van der Waals surface area (Å²) in [5.41, 5.74) is 8.11. The number of anilines is 1. The van der Waals surface area contributed by atoms with Crippen molar-refractivity contribution < 1.29 is 0 Å². The predicted octanol–water partition coefficient (Wildman–Crippen LogP) is 5.91. The van der Waals surface area contributed by atoms with E-state index in [1.54, 1.807) is 0 Å². The zero-order chi connectivity index (χ0) is 20.0. The Morgan fingerprint density at radius 3 is 2.50 bits per heavy atom. The maximum atomic E-state index is 7.46. The van der Waals surface area contributed by atoms with E-state index >= 15 is 0 Å². The van der Waals surface area contributed by atoms with Gasteiger partial charge in [0.15, 0.2) is 0 Å². The zero-order valence-electron chi connectivity index (χ0n) is 16.9. The Bertz CT molecular complexity index is 1080. The molecule has 1 unspecified atom stereocenters. The maximum Gasteiger partial charge on any atom is 0.240 e. The Morgan fingerprint density at radius 1 is 1.11 bits per heavy atom. The van der Waals surface area contributed by atoms with Crippen LogP contribution in [-0.2, 0) is 0 Å². The first-order chi connectivity index (χ1) is 13.4. The van der Waals surface area contributed by atoms with Crippen molar-refractivity contribution in [2.24, 2.45) is 0 Å². The number of aromatic nitrogens is 2. The molecule has 1 fully saturated rings. The van der Waals surface area contributed by atoms with Crippen molar-refractivity contribution in [3.63, 3.8) is 0 Å². The van der Waals surface area contributed by atoms with Gasteiger partial charge < -0.3 is 14.3 Å². The van der Waals surface area contributed by atoms with Gasteiger partial charge in [-0.15, -0.1) is 0 Å². The predicted molar refractivity (Wildman–Crippen MR) is 120 cm³/mol. The number of rotatable bonds is 2. The van der Waals surface area contributed by atoms with Crippen LogP contribution < -0.4 is 4.90 Å². The number of halogens is 1. The summed E-state index contributed by atoms with van der Waals surface area (Å²) in [7, 11) is 0. The summed E-state index contributed by atoms with van der Waals surface area (Å²) in [6.45, 7) is 17.8. The number of piperidine rings is 1. The molecule has 4 rings (SSSR count). The third-order valence-electron chi connectivity index (χ3n) is 5.67. The van der Waals surface area contributed by atoms with Crippen LogP contribution >= 0.6 is 15.9 Å². The van der Waals surface area contributed by atoms with Gasteiger partial charge in [0.25, 0.3) is 0 Å². The second-order valence-electron chi connectivity index (χ2n) is 7.92. The van der Waals surface area contributed by atoms with Crippen LogP contribution in [0.3, 0.4) is 0 Å². The normalized spacial score (nSPS) is 17.1. The smallest absolute Gasteiger partial charge is 0.240 e. The lowest BCUT2D eigenvalue weighted by molar-refractivity contribution is 0.551. The van der Waals surface area contributed by atoms with Gasteiger partial charge in [-0.3, -0.25) is 0 Å². The summed E-state index contributed by atoms with van der Waals surface area (Å²) in [5, 5.41) is 1.21. The number of nitrogens with zero attached hydrogens (tertiary/aromatic N) is 4. The molecule has 2 aromatic heterocycles. The third kappa shape index (κ3) is 3.20. The number of pyridine rings is 1. The molecule has 1 saturated heterocycles. The van der Waals surface area contributed by atoms with Crippen molar-refractivity contribution in [3.8, 4) is 5.69 Å². The fraction of sp³-hybridized carbons (Fsp3) is 0.391. The molecule has 3 aromatic rings. The average molecular weight is 437 g/mol. The van der Waals surface area contributed by atoms with E-state index < -0.39 is 0 Å². The van der Waals surface area contributed by atoms with Crippen LogP contribution in [0.5, 0.6) is 0 Å². The molecule has 4 nitrogen and oxygen atoms in total. The number of benzene rings is 1. The number of hydrogen-bond donors (Lipinski definition) is 0. The van der Waals surface area contributed by atoms with E-state index in [0.29, 0.717) is 0 Å². The van der Waals surface area contributed by atoms with Gasteiger partial charge in [0.1, 0.15) is 5.65 Å². The van der Waals surface area contributed by atoms with E-state index in [2.05, 4.69) is 82.3 Å². The molecule has 0 saturated carbocycles. The van der Waals surface area contributed by atoms with Gasteiger partial charge >= 0.3 is 0 Å². The van der Waals surface area contributed by atoms with Crippen LogP contribution in [0.25, 0.3) is 21.6 Å². The molecule has 1 atom stereocenters. The van der Waals surface area contributed by atoms with E-state index in [4.69, 9.17) is 11.6 Å². The van der Waals surface area contributed by atoms with Crippen molar-refractivity contribution in [2.45, 2.75) is 46.6 Å². The molecule has 0 bridgehead atoms. The topological polar surface area (TPSA) is 25.4 Å². The highest BCUT2D eigenvalue weighted by Crippen LogP contribution is 2.36. The minimum atomic E-state index is 0.0932. The molecule has 0 N–H and O–H groups in total. The van der Waals surface area contributed by atoms with Crippen LogP contribution in [-0.4, -0.2) is 28.7 Å². The first kappa shape index (κ1) is 19.0. The van der Waals surface area contributed by atoms with Crippen LogP contribution in [0.2, 0.25) is 0 Å². The number of fused-ring (bicyclic) bond motifs is 1. The molecule has 0 aliphatic carbocycles. The first-order valence-electron chi connectivity index (χ1n) is 9.77. The van der Waals surface area contributed by atoms with Crippen molar-refractivity contribution in [3.05, 3.63) is 62.7 Å². The second-order valence-corrected chi connectivity index (χ2v) is 8.84. The average Bonchev–Trinajstić information content (AvgIpc) is 2.96. The molecular weight excluding hydrogens is 412 g/mol. The molecule has 144 valence electrons. The van der Waals surface area contributed by atoms with Crippen LogP contribution in [0.4, 0.5) is 5.69 Å². The van der Waals surface area contributed by atoms with Crippen molar-refractivity contribution in [1.29, 1.82) is 0 Å². The lowest BCUT2D eigenvalue weighted by Crippen LogP contribution is -2.37. The maximum absolute atomic E-state index is 7.46. The van der Waals surface area contributed by atoms with Gasteiger partial charge in [0.05, 0.1) is 17.9 Å². The molecule has 3 heterocycles. The monoisotopic (exact) mass is 436 g/mol. The van der Waals surface area contributed by atoms with Crippen LogP contribution in [0, 0.1) is 34.3 Å². The molecule has 1 aliphatic heterocycles. The van der Waals surface area contributed by atoms with Crippen molar-refractivity contribution in [1.82, 2.24) is 9.55 Å². The largest absolute Gasteiger partial charge is 0.363 e. The van der Waals surface area contributed by atoms with Gasteiger partial charge in [0, 0.05) is 34.7 Å². The fourth-order valence-electron chi connectivity index (χ4n) is 4.49. The van der Waals surface area contributed by atoms with E-state index in [-0.39, 0.29) is 6.04 Å². The Hall–Kier alpha value is -2.32. The highest BCUT2D eigenvalue weighted by molar-refractivity contribution is 9.10. The molecule has 0 radical (unpaired) electrons. The van der Waals surface area contributed by atoms with Crippen LogP contribution in [0.15, 0.2) is 28.9 Å².